The van der Waals surface area contributed by atoms with Gasteiger partial charge in [-0.3, -0.25) is 19.2 Å². The molecule has 0 saturated carbocycles. The van der Waals surface area contributed by atoms with Gasteiger partial charge in [-0.25, -0.2) is 0 Å². The molecule has 0 aromatic rings. The molecule has 2 atom stereocenters. The maximum absolute atomic E-state index is 11.5. The summed E-state index contributed by atoms with van der Waals surface area (Å²) in [6, 6.07) is 0. The molecule has 156 valence electrons. The summed E-state index contributed by atoms with van der Waals surface area (Å²) < 4.78 is 0. The second-order valence-electron chi connectivity index (χ2n) is 9.27. The van der Waals surface area contributed by atoms with Crippen LogP contribution < -0.4 is 0 Å². The number of ketones is 4. The number of carbonyl (C=O) groups is 4. The Morgan fingerprint density at radius 2 is 0.852 bits per heavy atom. The van der Waals surface area contributed by atoms with Crippen molar-refractivity contribution in [2.24, 2.45) is 22.7 Å². The summed E-state index contributed by atoms with van der Waals surface area (Å²) in [7, 11) is 0. The first-order chi connectivity index (χ1) is 11.6. The van der Waals surface area contributed by atoms with Gasteiger partial charge in [0, 0.05) is 50.0 Å². The van der Waals surface area contributed by atoms with Crippen molar-refractivity contribution in [2.75, 3.05) is 0 Å². The summed E-state index contributed by atoms with van der Waals surface area (Å²) in [6.45, 7) is 18.4. The van der Waals surface area contributed by atoms with Crippen LogP contribution in [0.3, 0.4) is 0 Å². The van der Waals surface area contributed by atoms with Crippen molar-refractivity contribution in [3.05, 3.63) is 0 Å². The van der Waals surface area contributed by atoms with E-state index in [-0.39, 0.29) is 62.3 Å². The fraction of sp³-hybridized carbons (Fsp3) is 0.818. The van der Waals surface area contributed by atoms with Gasteiger partial charge in [-0.2, -0.15) is 0 Å². The Labute approximate surface area is 186 Å². The van der Waals surface area contributed by atoms with E-state index in [0.29, 0.717) is 0 Å². The van der Waals surface area contributed by atoms with E-state index in [0.717, 1.165) is 25.7 Å². The summed E-state index contributed by atoms with van der Waals surface area (Å²) >= 11 is 0. The van der Waals surface area contributed by atoms with Gasteiger partial charge >= 0.3 is 0 Å². The fourth-order valence-corrected chi connectivity index (χ4v) is 2.31. The maximum atomic E-state index is 11.5. The van der Waals surface area contributed by atoms with Crippen molar-refractivity contribution in [3.8, 4) is 0 Å². The van der Waals surface area contributed by atoms with Gasteiger partial charge in [-0.1, -0.05) is 82.1 Å². The van der Waals surface area contributed by atoms with Crippen molar-refractivity contribution in [1.82, 2.24) is 0 Å². The molecule has 0 heterocycles. The van der Waals surface area contributed by atoms with Gasteiger partial charge in [0.05, 0.1) is 0 Å². The van der Waals surface area contributed by atoms with Crippen LogP contribution in [0.5, 0.6) is 0 Å². The number of hydrogen-bond acceptors (Lipinski definition) is 4. The smallest absolute Gasteiger partial charge is 0.203 e. The van der Waals surface area contributed by atoms with Crippen LogP contribution in [0.25, 0.3) is 0 Å². The predicted octanol–water partition coefficient (Wildman–Crippen LogP) is 4.83. The number of rotatable bonds is 8. The molecule has 0 aliphatic heterocycles. The maximum Gasteiger partial charge on any atom is 0.203 e. The number of Topliss-reactive ketones (excluding diaryl/α,β-unsaturated/α-hetero) is 4. The quantitative estimate of drug-likeness (QED) is 0.307. The van der Waals surface area contributed by atoms with E-state index < -0.39 is 10.8 Å². The van der Waals surface area contributed by atoms with E-state index in [1.165, 1.54) is 0 Å². The van der Waals surface area contributed by atoms with Crippen LogP contribution in [0.15, 0.2) is 0 Å². The van der Waals surface area contributed by atoms with Gasteiger partial charge in [-0.05, 0) is 12.8 Å². The molecule has 27 heavy (non-hydrogen) atoms. The van der Waals surface area contributed by atoms with E-state index in [2.05, 4.69) is 0 Å². The zero-order valence-corrected chi connectivity index (χ0v) is 23.0. The van der Waals surface area contributed by atoms with Gasteiger partial charge in [0.25, 0.3) is 0 Å². The van der Waals surface area contributed by atoms with E-state index in [1.54, 1.807) is 41.5 Å². The summed E-state index contributed by atoms with van der Waals surface area (Å²) in [6.07, 6.45) is 3.51. The molecule has 5 heteroatoms. The zero-order valence-electron chi connectivity index (χ0n) is 19.1. The summed E-state index contributed by atoms with van der Waals surface area (Å²) in [5, 5.41) is 0. The molecule has 0 saturated heterocycles. The second kappa shape index (κ2) is 13.7. The van der Waals surface area contributed by atoms with Crippen molar-refractivity contribution < 1.29 is 19.2 Å². The van der Waals surface area contributed by atoms with Gasteiger partial charge in [0.1, 0.15) is 0 Å². The first kappa shape index (κ1) is 31.3. The first-order valence-electron chi connectivity index (χ1n) is 9.78. The minimum Gasteiger partial charge on any atom is -0.291 e. The van der Waals surface area contributed by atoms with E-state index in [4.69, 9.17) is 0 Å². The van der Waals surface area contributed by atoms with Crippen LogP contribution in [-0.4, -0.2) is 50.4 Å². The molecule has 0 aromatic heterocycles. The van der Waals surface area contributed by atoms with Crippen LogP contribution in [0.4, 0.5) is 0 Å². The second-order valence-corrected chi connectivity index (χ2v) is 9.27. The molecule has 0 rings (SSSR count). The molecule has 2 unspecified atom stereocenters. The van der Waals surface area contributed by atoms with Crippen LogP contribution in [0.1, 0.15) is 94.9 Å². The van der Waals surface area contributed by atoms with E-state index in [9.17, 15) is 19.2 Å². The monoisotopic (exact) mass is 576 g/mol. The third-order valence-corrected chi connectivity index (χ3v) is 4.15. The Kier molecular flexibility index (Phi) is 15.9. The topological polar surface area (TPSA) is 68.3 Å². The SMILES string of the molecule is CCCC(C)C(=O)C(=O)C(C)(C)C.CCCC(C)C(=O)C(=O)C(C)(C)C.[Pb]. The summed E-state index contributed by atoms with van der Waals surface area (Å²) in [4.78, 5) is 46.1. The average Bonchev–Trinajstić information content (AvgIpc) is 2.51. The van der Waals surface area contributed by atoms with Crippen LogP contribution in [0.2, 0.25) is 0 Å². The van der Waals surface area contributed by atoms with E-state index in [1.807, 2.05) is 27.7 Å². The van der Waals surface area contributed by atoms with Gasteiger partial charge in [0.15, 0.2) is 0 Å². The third kappa shape index (κ3) is 12.6. The molecule has 0 spiro atoms. The minimum atomic E-state index is -0.529. The molecule has 0 aliphatic carbocycles. The summed E-state index contributed by atoms with van der Waals surface area (Å²) in [5.41, 5.74) is -1.06. The summed E-state index contributed by atoms with van der Waals surface area (Å²) in [5.74, 6) is -1.14. The number of hydrogen-bond donors (Lipinski definition) is 0. The molecule has 0 aliphatic rings. The van der Waals surface area contributed by atoms with Crippen molar-refractivity contribution in [3.63, 3.8) is 0 Å². The Morgan fingerprint density at radius 1 is 0.630 bits per heavy atom. The van der Waals surface area contributed by atoms with Gasteiger partial charge in [-0.15, -0.1) is 0 Å². The Hall–Kier alpha value is -0.398. The first-order valence-corrected chi connectivity index (χ1v) is 9.78. The largest absolute Gasteiger partial charge is 0.291 e. The van der Waals surface area contributed by atoms with Crippen LogP contribution >= 0.6 is 0 Å². The van der Waals surface area contributed by atoms with Crippen molar-refractivity contribution in [2.45, 2.75) is 94.9 Å². The molecule has 4 nitrogen and oxygen atoms in total. The van der Waals surface area contributed by atoms with Crippen LogP contribution in [0, 0.1) is 22.7 Å². The van der Waals surface area contributed by atoms with Crippen LogP contribution in [-0.2, 0) is 19.2 Å². The molecular formula is C22H40O4Pb. The minimum absolute atomic E-state index is 0. The average molecular weight is 576 g/mol. The van der Waals surface area contributed by atoms with Gasteiger partial charge < -0.3 is 0 Å². The molecule has 0 amide bonds. The van der Waals surface area contributed by atoms with Gasteiger partial charge in [0.2, 0.25) is 23.1 Å². The molecule has 0 fully saturated rings. The standard InChI is InChI=1S/2C11H20O2.Pb/c2*1-6-7-8(2)9(12)10(13)11(3,4)5;/h2*8H,6-7H2,1-5H3;. The fourth-order valence-electron chi connectivity index (χ4n) is 2.31. The number of carbonyl (C=O) groups excluding carboxylic acids is 4. The third-order valence-electron chi connectivity index (χ3n) is 4.15. The Morgan fingerprint density at radius 3 is 1.00 bits per heavy atom. The van der Waals surface area contributed by atoms with E-state index >= 15 is 0 Å². The normalized spacial score (nSPS) is 13.4. The predicted molar refractivity (Wildman–Crippen MR) is 113 cm³/mol. The Balaban J connectivity index is -0.000000411. The zero-order chi connectivity index (χ0) is 21.3. The Bertz CT molecular complexity index is 449. The van der Waals surface area contributed by atoms with Crippen molar-refractivity contribution in [1.29, 1.82) is 0 Å². The van der Waals surface area contributed by atoms with Crippen molar-refractivity contribution >= 4 is 50.4 Å². The molecular weight excluding hydrogens is 535 g/mol. The molecule has 4 radical (unpaired) electrons. The molecule has 0 bridgehead atoms. The molecule has 0 N–H and O–H groups in total. The molecule has 0 aromatic carbocycles.